The van der Waals surface area contributed by atoms with Gasteiger partial charge in [-0.15, -0.1) is 23.2 Å². The molecule has 1 aromatic rings. The van der Waals surface area contributed by atoms with Crippen LogP contribution in [0.15, 0.2) is 24.3 Å². The van der Waals surface area contributed by atoms with Crippen LogP contribution in [-0.2, 0) is 19.1 Å². The number of fused-ring (bicyclic) bond motifs is 3. The van der Waals surface area contributed by atoms with Crippen LogP contribution in [0, 0.1) is 5.41 Å². The van der Waals surface area contributed by atoms with Crippen molar-refractivity contribution in [1.82, 2.24) is 0 Å². The zero-order chi connectivity index (χ0) is 22.3. The van der Waals surface area contributed by atoms with Crippen LogP contribution in [0.2, 0.25) is 0 Å². The monoisotopic (exact) mass is 454 g/mol. The van der Waals surface area contributed by atoms with Crippen molar-refractivity contribution in [1.29, 1.82) is 0 Å². The minimum absolute atomic E-state index is 0.0161. The van der Waals surface area contributed by atoms with Crippen molar-refractivity contribution in [3.8, 4) is 5.75 Å². The standard InChI is InChI=1S/C22H24Cl2O6/c1-4-7-22-16(8-12(25)9-17(22)23)14-6-5-13(10-15(14)19(22)24)29-11-18(26)30-21(2,3)20(27)28/h5-6,8,10,17,19H,4,7,9,11H2,1-3H3,(H,27,28). The summed E-state index contributed by atoms with van der Waals surface area (Å²) >= 11 is 13.6. The van der Waals surface area contributed by atoms with E-state index in [1.165, 1.54) is 13.8 Å². The maximum absolute atomic E-state index is 12.2. The summed E-state index contributed by atoms with van der Waals surface area (Å²) in [5.41, 5.74) is 0.357. The molecule has 0 saturated carbocycles. The lowest BCUT2D eigenvalue weighted by molar-refractivity contribution is -0.175. The number of halogens is 2. The quantitative estimate of drug-likeness (QED) is 0.481. The molecule has 1 N–H and O–H groups in total. The van der Waals surface area contributed by atoms with Gasteiger partial charge in [0.15, 0.2) is 12.4 Å². The van der Waals surface area contributed by atoms with Gasteiger partial charge in [0.1, 0.15) is 5.75 Å². The van der Waals surface area contributed by atoms with Gasteiger partial charge in [-0.1, -0.05) is 19.4 Å². The SMILES string of the molecule is CCCC12C(=CC(=O)CC1Cl)c1ccc(OCC(=O)OC(C)(C)C(=O)O)cc1C2Cl. The molecule has 8 heteroatoms. The summed E-state index contributed by atoms with van der Waals surface area (Å²) < 4.78 is 10.4. The van der Waals surface area contributed by atoms with Gasteiger partial charge in [0.2, 0.25) is 5.60 Å². The van der Waals surface area contributed by atoms with E-state index in [9.17, 15) is 14.4 Å². The van der Waals surface area contributed by atoms with E-state index >= 15 is 0 Å². The molecule has 3 atom stereocenters. The summed E-state index contributed by atoms with van der Waals surface area (Å²) in [6.45, 7) is 4.18. The van der Waals surface area contributed by atoms with Crippen LogP contribution in [0.4, 0.5) is 0 Å². The van der Waals surface area contributed by atoms with E-state index in [0.717, 1.165) is 29.5 Å². The van der Waals surface area contributed by atoms with Crippen molar-refractivity contribution in [2.75, 3.05) is 6.61 Å². The molecule has 0 heterocycles. The van der Waals surface area contributed by atoms with Gasteiger partial charge in [0.25, 0.3) is 0 Å². The van der Waals surface area contributed by atoms with Crippen LogP contribution in [0.5, 0.6) is 5.75 Å². The average Bonchev–Trinajstić information content (AvgIpc) is 2.89. The average molecular weight is 455 g/mol. The van der Waals surface area contributed by atoms with Gasteiger partial charge in [-0.3, -0.25) is 4.79 Å². The molecule has 0 radical (unpaired) electrons. The highest BCUT2D eigenvalue weighted by molar-refractivity contribution is 6.29. The highest BCUT2D eigenvalue weighted by Gasteiger charge is 2.55. The Labute approximate surface area is 185 Å². The van der Waals surface area contributed by atoms with Crippen molar-refractivity contribution in [2.45, 2.75) is 56.4 Å². The Morgan fingerprint density at radius 3 is 2.63 bits per heavy atom. The van der Waals surface area contributed by atoms with Crippen molar-refractivity contribution in [3.05, 3.63) is 35.4 Å². The van der Waals surface area contributed by atoms with Crippen molar-refractivity contribution in [2.24, 2.45) is 5.41 Å². The van der Waals surface area contributed by atoms with Crippen LogP contribution in [-0.4, -0.2) is 40.4 Å². The molecule has 0 saturated heterocycles. The fraction of sp³-hybridized carbons (Fsp3) is 0.500. The smallest absolute Gasteiger partial charge is 0.347 e. The van der Waals surface area contributed by atoms with Gasteiger partial charge in [-0.2, -0.15) is 0 Å². The molecule has 0 amide bonds. The first-order valence-electron chi connectivity index (χ1n) is 9.78. The van der Waals surface area contributed by atoms with E-state index in [1.54, 1.807) is 18.2 Å². The lowest BCUT2D eigenvalue weighted by Crippen LogP contribution is -2.38. The molecule has 0 aromatic heterocycles. The Morgan fingerprint density at radius 2 is 2.00 bits per heavy atom. The number of carboxylic acid groups (broad SMARTS) is 1. The van der Waals surface area contributed by atoms with Gasteiger partial charge in [-0.25, -0.2) is 9.59 Å². The summed E-state index contributed by atoms with van der Waals surface area (Å²) in [4.78, 5) is 35.2. The van der Waals surface area contributed by atoms with Gasteiger partial charge in [0, 0.05) is 11.8 Å². The highest BCUT2D eigenvalue weighted by Crippen LogP contribution is 2.64. The third-order valence-corrected chi connectivity index (χ3v) is 6.86. The molecule has 0 bridgehead atoms. The summed E-state index contributed by atoms with van der Waals surface area (Å²) in [5, 5.41) is 8.21. The number of esters is 1. The van der Waals surface area contributed by atoms with Gasteiger partial charge in [0.05, 0.1) is 10.8 Å². The summed E-state index contributed by atoms with van der Waals surface area (Å²) in [7, 11) is 0. The number of allylic oxidation sites excluding steroid dienone is 2. The number of carboxylic acids is 1. The number of carbonyl (C=O) groups excluding carboxylic acids is 2. The number of carbonyl (C=O) groups is 3. The Hall–Kier alpha value is -2.05. The third kappa shape index (κ3) is 3.83. The highest BCUT2D eigenvalue weighted by atomic mass is 35.5. The summed E-state index contributed by atoms with van der Waals surface area (Å²) in [6.07, 6.45) is 3.51. The van der Waals surface area contributed by atoms with Gasteiger partial charge < -0.3 is 14.6 Å². The van der Waals surface area contributed by atoms with E-state index < -0.39 is 40.3 Å². The van der Waals surface area contributed by atoms with Crippen LogP contribution >= 0.6 is 23.2 Å². The first-order valence-corrected chi connectivity index (χ1v) is 10.7. The predicted molar refractivity (Wildman–Crippen MR) is 113 cm³/mol. The third-order valence-electron chi connectivity index (χ3n) is 5.69. The molecule has 3 rings (SSSR count). The van der Waals surface area contributed by atoms with E-state index in [-0.39, 0.29) is 12.2 Å². The zero-order valence-electron chi connectivity index (χ0n) is 17.0. The van der Waals surface area contributed by atoms with Crippen LogP contribution in [0.25, 0.3) is 5.57 Å². The number of ketones is 1. The Bertz CT molecular complexity index is 922. The largest absolute Gasteiger partial charge is 0.482 e. The molecule has 162 valence electrons. The Kier molecular flexibility index (Phi) is 6.21. The van der Waals surface area contributed by atoms with Crippen LogP contribution in [0.3, 0.4) is 0 Å². The zero-order valence-corrected chi connectivity index (χ0v) is 18.5. The summed E-state index contributed by atoms with van der Waals surface area (Å²) in [6, 6.07) is 5.24. The summed E-state index contributed by atoms with van der Waals surface area (Å²) in [5.74, 6) is -1.67. The van der Waals surface area contributed by atoms with Gasteiger partial charge in [-0.05, 0) is 55.2 Å². The number of aliphatic carboxylic acids is 1. The van der Waals surface area contributed by atoms with Gasteiger partial charge >= 0.3 is 11.9 Å². The first-order chi connectivity index (χ1) is 14.0. The second-order valence-corrected chi connectivity index (χ2v) is 9.14. The number of benzene rings is 1. The second kappa shape index (κ2) is 8.23. The molecule has 0 fully saturated rings. The molecular formula is C22H24Cl2O6. The van der Waals surface area contributed by atoms with E-state index in [1.807, 2.05) is 6.07 Å². The lowest BCUT2D eigenvalue weighted by Gasteiger charge is -2.40. The Morgan fingerprint density at radius 1 is 1.30 bits per heavy atom. The normalized spacial score (nSPS) is 25.2. The maximum Gasteiger partial charge on any atom is 0.347 e. The Balaban J connectivity index is 1.83. The minimum atomic E-state index is -1.64. The van der Waals surface area contributed by atoms with Crippen LogP contribution in [0.1, 0.15) is 56.5 Å². The molecule has 2 aliphatic rings. The molecule has 0 spiro atoms. The number of hydrogen-bond acceptors (Lipinski definition) is 5. The minimum Gasteiger partial charge on any atom is -0.482 e. The van der Waals surface area contributed by atoms with E-state index in [0.29, 0.717) is 5.75 Å². The molecule has 3 unspecified atom stereocenters. The first kappa shape index (κ1) is 22.6. The van der Waals surface area contributed by atoms with Crippen molar-refractivity contribution >= 4 is 46.5 Å². The van der Waals surface area contributed by atoms with Crippen molar-refractivity contribution in [3.63, 3.8) is 0 Å². The molecule has 0 aliphatic heterocycles. The molecule has 6 nitrogen and oxygen atoms in total. The predicted octanol–water partition coefficient (Wildman–Crippen LogP) is 4.52. The fourth-order valence-corrected chi connectivity index (χ4v) is 5.33. The van der Waals surface area contributed by atoms with E-state index in [2.05, 4.69) is 6.92 Å². The lowest BCUT2D eigenvalue weighted by atomic mass is 9.69. The second-order valence-electron chi connectivity index (χ2n) is 8.18. The molecule has 30 heavy (non-hydrogen) atoms. The number of hydrogen-bond donors (Lipinski definition) is 1. The molecule has 1 aromatic carbocycles. The number of rotatable bonds is 7. The topological polar surface area (TPSA) is 89.9 Å². The van der Waals surface area contributed by atoms with Crippen molar-refractivity contribution < 1.29 is 29.0 Å². The fourth-order valence-electron chi connectivity index (χ4n) is 4.20. The number of ether oxygens (including phenoxy) is 2. The molecular weight excluding hydrogens is 431 g/mol. The number of alkyl halides is 2. The molecule has 2 aliphatic carbocycles. The van der Waals surface area contributed by atoms with E-state index in [4.69, 9.17) is 37.8 Å². The maximum atomic E-state index is 12.2. The van der Waals surface area contributed by atoms with Crippen LogP contribution < -0.4 is 4.74 Å².